The van der Waals surface area contributed by atoms with Gasteiger partial charge in [-0.15, -0.1) is 0 Å². The molecule has 6 nitrogen and oxygen atoms in total. The van der Waals surface area contributed by atoms with Crippen LogP contribution >= 0.6 is 0 Å². The van der Waals surface area contributed by atoms with Gasteiger partial charge < -0.3 is 5.32 Å². The Morgan fingerprint density at radius 1 is 1.17 bits per heavy atom. The Balaban J connectivity index is 1.96. The molecule has 7 heteroatoms. The van der Waals surface area contributed by atoms with Crippen LogP contribution in [0.4, 0.5) is 0 Å². The first-order valence-corrected chi connectivity index (χ1v) is 9.40. The molecule has 0 radical (unpaired) electrons. The second-order valence-corrected chi connectivity index (χ2v) is 7.51. The molecule has 2 rings (SSSR count). The molecule has 2 aromatic rings. The van der Waals surface area contributed by atoms with Gasteiger partial charge in [0.25, 0.3) is 5.91 Å². The van der Waals surface area contributed by atoms with Crippen molar-refractivity contribution in [1.29, 1.82) is 0 Å². The largest absolute Gasteiger partial charge is 0.351 e. The molecule has 0 saturated carbocycles. The Hall–Kier alpha value is -2.25. The predicted molar refractivity (Wildman–Crippen MR) is 93.0 cm³/mol. The first kappa shape index (κ1) is 18.1. The van der Waals surface area contributed by atoms with Crippen LogP contribution in [0.1, 0.15) is 21.5 Å². The number of nitrogens with one attached hydrogen (secondary N) is 1. The minimum Gasteiger partial charge on any atom is -0.351 e. The first-order chi connectivity index (χ1) is 11.4. The van der Waals surface area contributed by atoms with Crippen molar-refractivity contribution >= 4 is 15.9 Å². The summed E-state index contributed by atoms with van der Waals surface area (Å²) in [5.41, 5.74) is 2.32. The zero-order valence-electron chi connectivity index (χ0n) is 13.8. The van der Waals surface area contributed by atoms with Gasteiger partial charge in [0.15, 0.2) is 0 Å². The summed E-state index contributed by atoms with van der Waals surface area (Å²) in [6, 6.07) is 10.8. The van der Waals surface area contributed by atoms with Crippen molar-refractivity contribution in [2.75, 3.05) is 19.3 Å². The highest BCUT2D eigenvalue weighted by Gasteiger charge is 2.17. The lowest BCUT2D eigenvalue weighted by atomic mass is 10.1. The van der Waals surface area contributed by atoms with E-state index < -0.39 is 10.0 Å². The summed E-state index contributed by atoms with van der Waals surface area (Å²) < 4.78 is 25.2. The second kappa shape index (κ2) is 8.03. The average Bonchev–Trinajstić information content (AvgIpc) is 2.54. The van der Waals surface area contributed by atoms with Crippen LogP contribution in [0.15, 0.2) is 48.8 Å². The number of sulfonamides is 1. The first-order valence-electron chi connectivity index (χ1n) is 7.56. The number of pyridine rings is 1. The normalized spacial score (nSPS) is 11.5. The molecule has 0 fully saturated rings. The Morgan fingerprint density at radius 2 is 1.83 bits per heavy atom. The van der Waals surface area contributed by atoms with Crippen LogP contribution in [0.5, 0.6) is 0 Å². The molecular weight excluding hydrogens is 326 g/mol. The number of aryl methyl sites for hydroxylation is 1. The van der Waals surface area contributed by atoms with Crippen molar-refractivity contribution in [3.63, 3.8) is 0 Å². The van der Waals surface area contributed by atoms with E-state index in [0.29, 0.717) is 5.56 Å². The minimum atomic E-state index is -3.37. The molecule has 0 spiro atoms. The van der Waals surface area contributed by atoms with Crippen molar-refractivity contribution in [3.8, 4) is 0 Å². The van der Waals surface area contributed by atoms with Crippen molar-refractivity contribution in [3.05, 3.63) is 65.5 Å². The standard InChI is InChI=1S/C17H21N3O3S/c1-14-5-3-4-6-16(14)17(21)19-11-12-20(24(2,22)23)13-15-7-9-18-10-8-15/h3-10H,11-13H2,1-2H3,(H,19,21). The van der Waals surface area contributed by atoms with Crippen LogP contribution in [-0.4, -0.2) is 43.0 Å². The van der Waals surface area contributed by atoms with Gasteiger partial charge in [0.2, 0.25) is 10.0 Å². The Kier molecular flexibility index (Phi) is 6.05. The van der Waals surface area contributed by atoms with Crippen molar-refractivity contribution in [1.82, 2.24) is 14.6 Å². The lowest BCUT2D eigenvalue weighted by molar-refractivity contribution is 0.0951. The third kappa shape index (κ3) is 5.14. The maximum absolute atomic E-state index is 12.2. The summed E-state index contributed by atoms with van der Waals surface area (Å²) in [5, 5.41) is 2.77. The molecule has 0 aliphatic heterocycles. The van der Waals surface area contributed by atoms with Crippen LogP contribution < -0.4 is 5.32 Å². The van der Waals surface area contributed by atoms with Gasteiger partial charge in [-0.25, -0.2) is 8.42 Å². The monoisotopic (exact) mass is 347 g/mol. The molecule has 1 amide bonds. The van der Waals surface area contributed by atoms with E-state index in [4.69, 9.17) is 0 Å². The Bertz CT molecular complexity index is 792. The Labute approximate surface area is 142 Å². The van der Waals surface area contributed by atoms with Gasteiger partial charge in [0.1, 0.15) is 0 Å². The molecule has 0 unspecified atom stereocenters. The third-order valence-electron chi connectivity index (χ3n) is 3.61. The number of hydrogen-bond acceptors (Lipinski definition) is 4. The highest BCUT2D eigenvalue weighted by molar-refractivity contribution is 7.88. The van der Waals surface area contributed by atoms with Gasteiger partial charge in [-0.3, -0.25) is 9.78 Å². The SMILES string of the molecule is Cc1ccccc1C(=O)NCCN(Cc1ccncc1)S(C)(=O)=O. The van der Waals surface area contributed by atoms with Crippen LogP contribution in [0.3, 0.4) is 0 Å². The Morgan fingerprint density at radius 3 is 2.46 bits per heavy atom. The number of hydrogen-bond donors (Lipinski definition) is 1. The van der Waals surface area contributed by atoms with E-state index in [2.05, 4.69) is 10.3 Å². The van der Waals surface area contributed by atoms with Crippen LogP contribution in [0.25, 0.3) is 0 Å². The van der Waals surface area contributed by atoms with Gasteiger partial charge in [-0.1, -0.05) is 18.2 Å². The third-order valence-corrected chi connectivity index (χ3v) is 4.86. The number of benzene rings is 1. The fourth-order valence-corrected chi connectivity index (χ4v) is 3.08. The van der Waals surface area contributed by atoms with E-state index in [1.165, 1.54) is 4.31 Å². The maximum atomic E-state index is 12.2. The van der Waals surface area contributed by atoms with Gasteiger partial charge in [-0.05, 0) is 36.2 Å². The number of carbonyl (C=O) groups is 1. The van der Waals surface area contributed by atoms with Gasteiger partial charge in [0.05, 0.1) is 6.26 Å². The molecule has 24 heavy (non-hydrogen) atoms. The molecule has 0 bridgehead atoms. The lowest BCUT2D eigenvalue weighted by Gasteiger charge is -2.20. The van der Waals surface area contributed by atoms with Crippen molar-refractivity contribution in [2.45, 2.75) is 13.5 Å². The van der Waals surface area contributed by atoms with Crippen LogP contribution in [0.2, 0.25) is 0 Å². The molecule has 0 saturated heterocycles. The fourth-order valence-electron chi connectivity index (χ4n) is 2.27. The van der Waals surface area contributed by atoms with E-state index in [-0.39, 0.29) is 25.5 Å². The van der Waals surface area contributed by atoms with Gasteiger partial charge in [0, 0.05) is 37.6 Å². The van der Waals surface area contributed by atoms with E-state index in [0.717, 1.165) is 17.4 Å². The van der Waals surface area contributed by atoms with E-state index in [1.54, 1.807) is 36.7 Å². The molecule has 0 atom stereocenters. The van der Waals surface area contributed by atoms with Crippen molar-refractivity contribution < 1.29 is 13.2 Å². The number of nitrogens with zero attached hydrogens (tertiary/aromatic N) is 2. The predicted octanol–water partition coefficient (Wildman–Crippen LogP) is 1.58. The van der Waals surface area contributed by atoms with E-state index in [9.17, 15) is 13.2 Å². The zero-order chi connectivity index (χ0) is 17.6. The highest BCUT2D eigenvalue weighted by atomic mass is 32.2. The highest BCUT2D eigenvalue weighted by Crippen LogP contribution is 2.08. The number of rotatable bonds is 7. The van der Waals surface area contributed by atoms with Crippen LogP contribution in [-0.2, 0) is 16.6 Å². The zero-order valence-corrected chi connectivity index (χ0v) is 14.6. The summed E-state index contributed by atoms with van der Waals surface area (Å²) in [7, 11) is -3.37. The molecule has 1 aromatic heterocycles. The molecule has 1 N–H and O–H groups in total. The van der Waals surface area contributed by atoms with E-state index in [1.807, 2.05) is 19.1 Å². The smallest absolute Gasteiger partial charge is 0.251 e. The summed E-state index contributed by atoms with van der Waals surface area (Å²) in [4.78, 5) is 16.1. The lowest BCUT2D eigenvalue weighted by Crippen LogP contribution is -2.37. The van der Waals surface area contributed by atoms with Gasteiger partial charge >= 0.3 is 0 Å². The molecule has 128 valence electrons. The van der Waals surface area contributed by atoms with Crippen molar-refractivity contribution in [2.24, 2.45) is 0 Å². The summed E-state index contributed by atoms with van der Waals surface area (Å²) in [5.74, 6) is -0.203. The summed E-state index contributed by atoms with van der Waals surface area (Å²) in [6.07, 6.45) is 4.41. The molecule has 0 aliphatic carbocycles. The molecule has 1 aromatic carbocycles. The summed E-state index contributed by atoms with van der Waals surface area (Å²) >= 11 is 0. The van der Waals surface area contributed by atoms with Gasteiger partial charge in [-0.2, -0.15) is 4.31 Å². The quantitative estimate of drug-likeness (QED) is 0.825. The van der Waals surface area contributed by atoms with E-state index >= 15 is 0 Å². The number of carbonyl (C=O) groups excluding carboxylic acids is 1. The minimum absolute atomic E-state index is 0.203. The maximum Gasteiger partial charge on any atom is 0.251 e. The fraction of sp³-hybridized carbons (Fsp3) is 0.294. The van der Waals surface area contributed by atoms with Crippen LogP contribution in [0, 0.1) is 6.92 Å². The summed E-state index contributed by atoms with van der Waals surface area (Å²) in [6.45, 7) is 2.56. The topological polar surface area (TPSA) is 79.4 Å². The number of aromatic nitrogens is 1. The molecular formula is C17H21N3O3S. The average molecular weight is 347 g/mol. The molecule has 0 aliphatic rings. The molecule has 1 heterocycles. The number of amides is 1. The second-order valence-electron chi connectivity index (χ2n) is 5.52.